The Morgan fingerprint density at radius 2 is 1.45 bits per heavy atom. The van der Waals surface area contributed by atoms with Gasteiger partial charge in [0.2, 0.25) is 23.7 Å². The molecule has 0 bridgehead atoms. The van der Waals surface area contributed by atoms with Gasteiger partial charge >= 0.3 is 29.9 Å². The minimum absolute atomic E-state index is 0.0106. The smallest absolute Gasteiger partial charge is 0.341 e. The Morgan fingerprint density at radius 1 is 0.855 bits per heavy atom. The van der Waals surface area contributed by atoms with Gasteiger partial charge in [0, 0.05) is 0 Å². The number of amides is 2. The van der Waals surface area contributed by atoms with E-state index in [0.29, 0.717) is 0 Å². The normalized spacial score (nSPS) is 10.3. The fourth-order valence-electron chi connectivity index (χ4n) is 3.28. The number of urea groups is 1. The van der Waals surface area contributed by atoms with E-state index in [1.54, 1.807) is 4.72 Å². The largest absolute Gasteiger partial charge is 0.479 e. The number of rotatable bonds is 11. The number of halogens is 6. The average Bonchev–Trinajstić information content (AvgIpc) is 3.12. The Labute approximate surface area is 334 Å². The molecule has 0 unspecified atom stereocenters. The van der Waals surface area contributed by atoms with E-state index in [-0.39, 0.29) is 55.1 Å². The second-order valence-electron chi connectivity index (χ2n) is 9.40. The number of ether oxygens (including phenoxy) is 4. The summed E-state index contributed by atoms with van der Waals surface area (Å²) in [4.78, 5) is 62.0. The van der Waals surface area contributed by atoms with E-state index in [1.165, 1.54) is 38.3 Å². The first-order valence-electron chi connectivity index (χ1n) is 14.0. The third-order valence-electron chi connectivity index (χ3n) is 5.50. The molecule has 27 heteroatoms. The first kappa shape index (κ1) is 45.9. The molecule has 4 rings (SSSR count). The number of carbonyl (C=O) groups excluding carboxylic acids is 2. The standard InChI is InChI=1S/C14H15N5O6S.C7H4Cl3NO3.C7H5Cl2FN2O3/c1-8-15-12(18-14(16-8)25-3)17-13(21)19-26(22,23)10-7-5-4-6-9(10)11(20)24-2;8-3-1-4(9)7(11-6(3)10)14-2-5(12)13;8-3-5(11)4(9)7(12-6(3)10)15-1-2(13)14/h4-7H,1-3H3,(H2,15,16,17,18,19,21);1H,2H2,(H,12,13);1H2,(H2,11,12)(H,13,14). The number of hydrogen-bond acceptors (Lipinski definition) is 16. The first-order chi connectivity index (χ1) is 25.7. The molecule has 0 aliphatic rings. The second-order valence-corrected chi connectivity index (χ2v) is 13.0. The van der Waals surface area contributed by atoms with Crippen molar-refractivity contribution >= 4 is 104 Å². The number of nitrogen functional groups attached to an aromatic ring is 1. The molecule has 0 aliphatic heterocycles. The maximum atomic E-state index is 12.9. The SMILES string of the molecule is COC(=O)c1ccccc1S(=O)(=O)NC(=O)Nc1nc(C)nc(OC)n1.Nc1c(Cl)c(F)nc(OCC(=O)O)c1Cl.O=C(O)COc1nc(Cl)c(Cl)cc1Cl. The van der Waals surface area contributed by atoms with Crippen LogP contribution in [0.1, 0.15) is 16.2 Å². The number of nitrogens with two attached hydrogens (primary N) is 1. The van der Waals surface area contributed by atoms with Crippen LogP contribution in [0.3, 0.4) is 0 Å². The summed E-state index contributed by atoms with van der Waals surface area (Å²) in [6.07, 6.45) is 0. The second kappa shape index (κ2) is 21.0. The molecule has 0 saturated carbocycles. The van der Waals surface area contributed by atoms with Crippen molar-refractivity contribution in [2.45, 2.75) is 11.8 Å². The fourth-order valence-corrected chi connectivity index (χ4v) is 5.31. The number of benzene rings is 1. The molecule has 4 aromatic rings. The van der Waals surface area contributed by atoms with Crippen molar-refractivity contribution in [3.63, 3.8) is 0 Å². The molecule has 55 heavy (non-hydrogen) atoms. The fraction of sp³-hybridized carbons (Fsp3) is 0.179. The molecular formula is C28H24Cl5FN8O12S. The summed E-state index contributed by atoms with van der Waals surface area (Å²) < 4.78 is 58.2. The minimum atomic E-state index is -4.36. The molecular weight excluding hydrogens is 869 g/mol. The summed E-state index contributed by atoms with van der Waals surface area (Å²) in [5.41, 5.74) is 4.86. The molecule has 1 aromatic carbocycles. The molecule has 3 aromatic heterocycles. The van der Waals surface area contributed by atoms with Gasteiger partial charge in [-0.25, -0.2) is 32.3 Å². The van der Waals surface area contributed by atoms with Crippen molar-refractivity contribution in [3.8, 4) is 17.8 Å². The van der Waals surface area contributed by atoms with E-state index in [9.17, 15) is 32.0 Å². The quantitative estimate of drug-likeness (QED) is 0.102. The van der Waals surface area contributed by atoms with E-state index < -0.39 is 68.9 Å². The number of aryl methyl sites for hydroxylation is 1. The molecule has 0 atom stereocenters. The zero-order valence-electron chi connectivity index (χ0n) is 27.8. The lowest BCUT2D eigenvalue weighted by Gasteiger charge is -2.11. The number of aromatic nitrogens is 5. The van der Waals surface area contributed by atoms with Gasteiger partial charge in [0.05, 0.1) is 30.5 Å². The zero-order valence-corrected chi connectivity index (χ0v) is 32.4. The van der Waals surface area contributed by atoms with Gasteiger partial charge in [-0.05, 0) is 25.1 Å². The van der Waals surface area contributed by atoms with Crippen LogP contribution in [-0.2, 0) is 24.3 Å². The van der Waals surface area contributed by atoms with E-state index in [2.05, 4.69) is 39.7 Å². The van der Waals surface area contributed by atoms with Gasteiger partial charge in [-0.1, -0.05) is 70.1 Å². The van der Waals surface area contributed by atoms with Crippen LogP contribution in [0.2, 0.25) is 25.2 Å². The number of nitrogens with zero attached hydrogens (tertiary/aromatic N) is 5. The van der Waals surface area contributed by atoms with Crippen LogP contribution in [-0.4, -0.2) is 94.9 Å². The Balaban J connectivity index is 0.000000308. The maximum absolute atomic E-state index is 12.9. The number of carbonyl (C=O) groups is 4. The van der Waals surface area contributed by atoms with Crippen molar-refractivity contribution in [3.05, 3.63) is 72.9 Å². The molecule has 6 N–H and O–H groups in total. The molecule has 20 nitrogen and oxygen atoms in total. The lowest BCUT2D eigenvalue weighted by atomic mass is 10.2. The van der Waals surface area contributed by atoms with E-state index in [1.807, 2.05) is 0 Å². The van der Waals surface area contributed by atoms with Crippen LogP contribution in [0.25, 0.3) is 0 Å². The van der Waals surface area contributed by atoms with Crippen molar-refractivity contribution in [2.75, 3.05) is 38.5 Å². The van der Waals surface area contributed by atoms with Crippen LogP contribution >= 0.6 is 58.0 Å². The number of carboxylic acid groups (broad SMARTS) is 2. The number of pyridine rings is 2. The maximum Gasteiger partial charge on any atom is 0.341 e. The van der Waals surface area contributed by atoms with Gasteiger partial charge in [-0.15, -0.1) is 0 Å². The molecule has 0 saturated heterocycles. The number of aliphatic carboxylic acids is 2. The van der Waals surface area contributed by atoms with Gasteiger partial charge < -0.3 is 34.9 Å². The van der Waals surface area contributed by atoms with Crippen LogP contribution in [0.4, 0.5) is 20.8 Å². The highest BCUT2D eigenvalue weighted by Crippen LogP contribution is 2.35. The van der Waals surface area contributed by atoms with Crippen LogP contribution in [0, 0.1) is 12.9 Å². The molecule has 0 radical (unpaired) electrons. The molecule has 0 fully saturated rings. The Hall–Kier alpha value is -5.26. The van der Waals surface area contributed by atoms with Gasteiger partial charge in [0.25, 0.3) is 10.0 Å². The molecule has 0 aliphatic carbocycles. The molecule has 3 heterocycles. The van der Waals surface area contributed by atoms with Gasteiger partial charge in [0.15, 0.2) is 18.4 Å². The van der Waals surface area contributed by atoms with E-state index >= 15 is 0 Å². The predicted octanol–water partition coefficient (Wildman–Crippen LogP) is 4.56. The summed E-state index contributed by atoms with van der Waals surface area (Å²) in [7, 11) is -1.92. The average molecular weight is 893 g/mol. The van der Waals surface area contributed by atoms with Crippen molar-refractivity contribution in [1.82, 2.24) is 29.6 Å². The Bertz CT molecular complexity index is 2190. The summed E-state index contributed by atoms with van der Waals surface area (Å²) in [5.74, 6) is -4.71. The molecule has 2 amide bonds. The third kappa shape index (κ3) is 14.2. The highest BCUT2D eigenvalue weighted by atomic mass is 35.5. The number of sulfonamides is 1. The minimum Gasteiger partial charge on any atom is -0.479 e. The monoisotopic (exact) mass is 890 g/mol. The Morgan fingerprint density at radius 3 is 2.04 bits per heavy atom. The topological polar surface area (TPSA) is 294 Å². The first-order valence-corrected chi connectivity index (χ1v) is 17.4. The van der Waals surface area contributed by atoms with E-state index in [0.717, 1.165) is 13.2 Å². The van der Waals surface area contributed by atoms with Gasteiger partial charge in [-0.3, -0.25) is 5.32 Å². The summed E-state index contributed by atoms with van der Waals surface area (Å²) in [6.45, 7) is 0.300. The van der Waals surface area contributed by atoms with Crippen molar-refractivity contribution in [1.29, 1.82) is 0 Å². The molecule has 296 valence electrons. The van der Waals surface area contributed by atoms with Crippen molar-refractivity contribution in [2.24, 2.45) is 0 Å². The number of carboxylic acids is 2. The highest BCUT2D eigenvalue weighted by molar-refractivity contribution is 7.90. The predicted molar refractivity (Wildman–Crippen MR) is 192 cm³/mol. The zero-order chi connectivity index (χ0) is 41.6. The number of hydrogen-bond donors (Lipinski definition) is 5. The van der Waals surface area contributed by atoms with Crippen LogP contribution < -0.4 is 30.0 Å². The third-order valence-corrected chi connectivity index (χ3v) is 8.56. The number of anilines is 2. The number of nitrogens with one attached hydrogen (secondary N) is 2. The van der Waals surface area contributed by atoms with Crippen LogP contribution in [0.5, 0.6) is 17.8 Å². The lowest BCUT2D eigenvalue weighted by molar-refractivity contribution is -0.140. The van der Waals surface area contributed by atoms with Gasteiger partial charge in [0.1, 0.15) is 25.8 Å². The highest BCUT2D eigenvalue weighted by Gasteiger charge is 2.25. The lowest BCUT2D eigenvalue weighted by Crippen LogP contribution is -2.35. The van der Waals surface area contributed by atoms with Gasteiger partial charge in [-0.2, -0.15) is 29.3 Å². The summed E-state index contributed by atoms with van der Waals surface area (Å²) in [5, 5.41) is 18.5. The van der Waals surface area contributed by atoms with Crippen LogP contribution in [0.15, 0.2) is 35.2 Å². The molecule has 0 spiro atoms. The number of esters is 1. The van der Waals surface area contributed by atoms with Crippen molar-refractivity contribution < 1.29 is 61.1 Å². The Kier molecular flexibility index (Phi) is 17.5. The van der Waals surface area contributed by atoms with E-state index in [4.69, 9.17) is 83.4 Å². The number of methoxy groups -OCH3 is 2. The summed E-state index contributed by atoms with van der Waals surface area (Å²) in [6, 6.07) is 5.44. The summed E-state index contributed by atoms with van der Waals surface area (Å²) >= 11 is 27.8.